The van der Waals surface area contributed by atoms with Crippen LogP contribution in [-0.2, 0) is 0 Å². The Hall–Kier alpha value is -1.65. The molecule has 0 bridgehead atoms. The number of halogens is 1. The fourth-order valence-corrected chi connectivity index (χ4v) is 2.13. The molecule has 5 heteroatoms. The van der Waals surface area contributed by atoms with Gasteiger partial charge in [0.05, 0.1) is 11.8 Å². The first-order valence-electron chi connectivity index (χ1n) is 6.32. The molecule has 1 aliphatic carbocycles. The molecule has 1 aliphatic rings. The molecule has 1 heterocycles. The van der Waals surface area contributed by atoms with Gasteiger partial charge in [-0.15, -0.1) is 0 Å². The van der Waals surface area contributed by atoms with Crippen LogP contribution in [0.1, 0.15) is 36.5 Å². The maximum absolute atomic E-state index is 13.1. The molecule has 0 aliphatic heterocycles. The highest BCUT2D eigenvalue weighted by atomic mass is 19.1. The van der Waals surface area contributed by atoms with Gasteiger partial charge in [0.25, 0.3) is 5.91 Å². The van der Waals surface area contributed by atoms with Gasteiger partial charge < -0.3 is 10.6 Å². The smallest absolute Gasteiger partial charge is 0.257 e. The van der Waals surface area contributed by atoms with Crippen LogP contribution in [0.3, 0.4) is 0 Å². The van der Waals surface area contributed by atoms with Crippen LogP contribution in [0.25, 0.3) is 0 Å². The zero-order chi connectivity index (χ0) is 13.1. The monoisotopic (exact) mass is 251 g/mol. The van der Waals surface area contributed by atoms with Crippen LogP contribution >= 0.6 is 0 Å². The first-order valence-corrected chi connectivity index (χ1v) is 6.32. The number of aromatic nitrogens is 1. The topological polar surface area (TPSA) is 59.2 Å². The summed E-state index contributed by atoms with van der Waals surface area (Å²) in [6.45, 7) is 3.25. The van der Waals surface area contributed by atoms with Gasteiger partial charge in [0, 0.05) is 13.1 Å². The molecule has 1 saturated carbocycles. The summed E-state index contributed by atoms with van der Waals surface area (Å²) in [6, 6.07) is 1.16. The minimum atomic E-state index is -0.535. The Balaban J connectivity index is 2.14. The number of pyridine rings is 1. The number of carbonyl (C=O) groups is 1. The average molecular weight is 251 g/mol. The largest absolute Gasteiger partial charge is 0.383 e. The summed E-state index contributed by atoms with van der Waals surface area (Å²) >= 11 is 0. The normalized spacial score (nSPS) is 15.2. The van der Waals surface area contributed by atoms with E-state index in [0.29, 0.717) is 12.5 Å². The number of carbonyl (C=O) groups excluding carboxylic acids is 1. The summed E-state index contributed by atoms with van der Waals surface area (Å²) in [7, 11) is 0. The number of hydrogen-bond acceptors (Lipinski definition) is 3. The first kappa shape index (κ1) is 12.8. The number of rotatable bonds is 4. The van der Waals surface area contributed by atoms with Crippen molar-refractivity contribution < 1.29 is 9.18 Å². The van der Waals surface area contributed by atoms with E-state index in [0.717, 1.165) is 18.8 Å². The van der Waals surface area contributed by atoms with Crippen molar-refractivity contribution in [2.45, 2.75) is 26.2 Å². The molecule has 0 aromatic carbocycles. The second-order valence-electron chi connectivity index (χ2n) is 4.73. The second-order valence-corrected chi connectivity index (χ2v) is 4.73. The van der Waals surface area contributed by atoms with Gasteiger partial charge in [0.1, 0.15) is 11.6 Å². The van der Waals surface area contributed by atoms with E-state index in [1.165, 1.54) is 19.3 Å². The van der Waals surface area contributed by atoms with Gasteiger partial charge in [-0.3, -0.25) is 4.79 Å². The van der Waals surface area contributed by atoms with Gasteiger partial charge in [0.15, 0.2) is 0 Å². The fraction of sp³-hybridized carbons (Fsp3) is 0.538. The Morgan fingerprint density at radius 2 is 2.33 bits per heavy atom. The zero-order valence-corrected chi connectivity index (χ0v) is 10.5. The van der Waals surface area contributed by atoms with E-state index in [9.17, 15) is 9.18 Å². The summed E-state index contributed by atoms with van der Waals surface area (Å²) in [4.78, 5) is 17.7. The standard InChI is InChI=1S/C13H18FN3O/c1-2-17(8-9-4-3-5-9)13(18)11-6-10(14)7-16-12(11)15/h6-7,9H,2-5,8H2,1H3,(H2,15,16). The van der Waals surface area contributed by atoms with Crippen molar-refractivity contribution in [2.24, 2.45) is 5.92 Å². The Labute approximate surface area is 106 Å². The third-order valence-corrected chi connectivity index (χ3v) is 3.49. The Morgan fingerprint density at radius 3 is 2.89 bits per heavy atom. The number of nitrogen functional groups attached to an aromatic ring is 1. The molecule has 1 aromatic heterocycles. The predicted molar refractivity (Wildman–Crippen MR) is 67.5 cm³/mol. The van der Waals surface area contributed by atoms with Crippen LogP contribution in [0.5, 0.6) is 0 Å². The minimum Gasteiger partial charge on any atom is -0.383 e. The zero-order valence-electron chi connectivity index (χ0n) is 10.5. The third kappa shape index (κ3) is 2.60. The van der Waals surface area contributed by atoms with E-state index >= 15 is 0 Å². The van der Waals surface area contributed by atoms with Crippen molar-refractivity contribution in [3.63, 3.8) is 0 Å². The summed E-state index contributed by atoms with van der Waals surface area (Å²) in [5, 5.41) is 0. The highest BCUT2D eigenvalue weighted by Gasteiger charge is 2.24. The highest BCUT2D eigenvalue weighted by molar-refractivity contribution is 5.98. The van der Waals surface area contributed by atoms with Crippen molar-refractivity contribution in [3.8, 4) is 0 Å². The van der Waals surface area contributed by atoms with E-state index < -0.39 is 5.82 Å². The lowest BCUT2D eigenvalue weighted by atomic mass is 9.85. The Kier molecular flexibility index (Phi) is 3.79. The number of amides is 1. The molecule has 2 N–H and O–H groups in total. The molecule has 0 unspecified atom stereocenters. The molecule has 1 aromatic rings. The number of nitrogens with two attached hydrogens (primary N) is 1. The maximum Gasteiger partial charge on any atom is 0.257 e. The lowest BCUT2D eigenvalue weighted by Crippen LogP contribution is -2.37. The van der Waals surface area contributed by atoms with Gasteiger partial charge >= 0.3 is 0 Å². The van der Waals surface area contributed by atoms with Crippen LogP contribution < -0.4 is 5.73 Å². The van der Waals surface area contributed by atoms with Gasteiger partial charge in [0.2, 0.25) is 0 Å². The Morgan fingerprint density at radius 1 is 1.61 bits per heavy atom. The molecule has 1 fully saturated rings. The van der Waals surface area contributed by atoms with Crippen molar-refractivity contribution in [3.05, 3.63) is 23.6 Å². The van der Waals surface area contributed by atoms with E-state index in [-0.39, 0.29) is 17.3 Å². The molecule has 0 radical (unpaired) electrons. The predicted octanol–water partition coefficient (Wildman–Crippen LogP) is 2.07. The van der Waals surface area contributed by atoms with Crippen molar-refractivity contribution in [1.82, 2.24) is 9.88 Å². The second kappa shape index (κ2) is 5.33. The van der Waals surface area contributed by atoms with Gasteiger partial charge in [-0.25, -0.2) is 9.37 Å². The van der Waals surface area contributed by atoms with Crippen LogP contribution in [0, 0.1) is 11.7 Å². The maximum atomic E-state index is 13.1. The lowest BCUT2D eigenvalue weighted by molar-refractivity contribution is 0.0706. The van der Waals surface area contributed by atoms with Crippen molar-refractivity contribution >= 4 is 11.7 Å². The summed E-state index contributed by atoms with van der Waals surface area (Å²) in [5.41, 5.74) is 5.80. The SMILES string of the molecule is CCN(CC1CCC1)C(=O)c1cc(F)cnc1N. The average Bonchev–Trinajstić information content (AvgIpc) is 2.30. The molecule has 0 spiro atoms. The molecule has 1 amide bonds. The fourth-order valence-electron chi connectivity index (χ4n) is 2.13. The molecule has 0 atom stereocenters. The number of anilines is 1. The van der Waals surface area contributed by atoms with Crippen LogP contribution in [-0.4, -0.2) is 28.9 Å². The molecular formula is C13H18FN3O. The molecular weight excluding hydrogens is 233 g/mol. The van der Waals surface area contributed by atoms with E-state index in [4.69, 9.17) is 5.73 Å². The third-order valence-electron chi connectivity index (χ3n) is 3.49. The Bertz CT molecular complexity index is 446. The van der Waals surface area contributed by atoms with Crippen LogP contribution in [0.2, 0.25) is 0 Å². The summed E-state index contributed by atoms with van der Waals surface area (Å²) in [5.74, 6) is -0.0914. The van der Waals surface area contributed by atoms with Crippen LogP contribution in [0.15, 0.2) is 12.3 Å². The molecule has 98 valence electrons. The molecule has 18 heavy (non-hydrogen) atoms. The van der Waals surface area contributed by atoms with Gasteiger partial charge in [-0.05, 0) is 31.7 Å². The van der Waals surface area contributed by atoms with Crippen LogP contribution in [0.4, 0.5) is 10.2 Å². The van der Waals surface area contributed by atoms with Crippen molar-refractivity contribution in [2.75, 3.05) is 18.8 Å². The van der Waals surface area contributed by atoms with E-state index in [1.807, 2.05) is 6.92 Å². The highest BCUT2D eigenvalue weighted by Crippen LogP contribution is 2.27. The molecule has 0 saturated heterocycles. The lowest BCUT2D eigenvalue weighted by Gasteiger charge is -2.32. The van der Waals surface area contributed by atoms with E-state index in [2.05, 4.69) is 4.98 Å². The molecule has 2 rings (SSSR count). The molecule has 4 nitrogen and oxygen atoms in total. The summed E-state index contributed by atoms with van der Waals surface area (Å²) < 4.78 is 13.1. The van der Waals surface area contributed by atoms with Crippen molar-refractivity contribution in [1.29, 1.82) is 0 Å². The first-order chi connectivity index (χ1) is 8.61. The number of hydrogen-bond donors (Lipinski definition) is 1. The van der Waals surface area contributed by atoms with Gasteiger partial charge in [-0.2, -0.15) is 0 Å². The van der Waals surface area contributed by atoms with Gasteiger partial charge in [-0.1, -0.05) is 6.42 Å². The quantitative estimate of drug-likeness (QED) is 0.891. The van der Waals surface area contributed by atoms with E-state index in [1.54, 1.807) is 4.90 Å². The minimum absolute atomic E-state index is 0.0912. The number of nitrogens with zero attached hydrogens (tertiary/aromatic N) is 2. The summed E-state index contributed by atoms with van der Waals surface area (Å²) in [6.07, 6.45) is 4.59.